The van der Waals surface area contributed by atoms with E-state index >= 15 is 0 Å². The van der Waals surface area contributed by atoms with Crippen molar-refractivity contribution in [2.24, 2.45) is 5.73 Å². The van der Waals surface area contributed by atoms with Crippen LogP contribution in [0.2, 0.25) is 0 Å². The van der Waals surface area contributed by atoms with Gasteiger partial charge in [0, 0.05) is 34.2 Å². The summed E-state index contributed by atoms with van der Waals surface area (Å²) in [5.41, 5.74) is 13.0. The number of ether oxygens (including phenoxy) is 2. The fraction of sp³-hybridized carbons (Fsp3) is 0.0952. The largest absolute Gasteiger partial charge is 0.493 e. The maximum Gasteiger partial charge on any atom is 0.248 e. The van der Waals surface area contributed by atoms with Crippen molar-refractivity contribution >= 4 is 33.4 Å². The minimum absolute atomic E-state index is 0.0476. The predicted octanol–water partition coefficient (Wildman–Crippen LogP) is 3.29. The number of carbonyl (C=O) groups excluding carboxylic acids is 1. The zero-order chi connectivity index (χ0) is 20.7. The average molecular weight is 392 g/mol. The number of methoxy groups -OCH3 is 2. The molecule has 0 aliphatic heterocycles. The van der Waals surface area contributed by atoms with Gasteiger partial charge in [-0.25, -0.2) is 9.37 Å². The van der Waals surface area contributed by atoms with Crippen molar-refractivity contribution in [3.8, 4) is 22.8 Å². The summed E-state index contributed by atoms with van der Waals surface area (Å²) in [4.78, 5) is 20.3. The maximum absolute atomic E-state index is 14.0. The molecule has 4 aromatic rings. The van der Waals surface area contributed by atoms with E-state index in [1.54, 1.807) is 38.6 Å². The van der Waals surface area contributed by atoms with Crippen molar-refractivity contribution in [3.05, 3.63) is 54.0 Å². The van der Waals surface area contributed by atoms with E-state index in [2.05, 4.69) is 9.97 Å². The number of nitrogens with two attached hydrogens (primary N) is 2. The van der Waals surface area contributed by atoms with Gasteiger partial charge in [0.25, 0.3) is 0 Å². The number of nitrogens with zero attached hydrogens (tertiary/aromatic N) is 2. The molecule has 0 aliphatic carbocycles. The molecule has 0 saturated carbocycles. The minimum atomic E-state index is -0.731. The summed E-state index contributed by atoms with van der Waals surface area (Å²) in [6, 6.07) is 9.15. The third-order valence-corrected chi connectivity index (χ3v) is 4.69. The normalized spacial score (nSPS) is 11.0. The zero-order valence-corrected chi connectivity index (χ0v) is 15.7. The van der Waals surface area contributed by atoms with Crippen LogP contribution < -0.4 is 20.9 Å². The fourth-order valence-corrected chi connectivity index (χ4v) is 3.29. The number of aromatic nitrogens is 2. The highest BCUT2D eigenvalue weighted by atomic mass is 19.1. The molecule has 7 nitrogen and oxygen atoms in total. The van der Waals surface area contributed by atoms with Gasteiger partial charge in [0.2, 0.25) is 5.91 Å². The summed E-state index contributed by atoms with van der Waals surface area (Å²) in [7, 11) is 3.09. The Hall–Kier alpha value is -3.94. The van der Waals surface area contributed by atoms with E-state index in [0.717, 1.165) is 16.8 Å². The summed E-state index contributed by atoms with van der Waals surface area (Å²) in [5, 5.41) is 2.16. The molecular weight excluding hydrogens is 375 g/mol. The number of pyridine rings is 2. The lowest BCUT2D eigenvalue weighted by Gasteiger charge is -2.12. The third-order valence-electron chi connectivity index (χ3n) is 4.69. The van der Waals surface area contributed by atoms with Crippen LogP contribution >= 0.6 is 0 Å². The quantitative estimate of drug-likeness (QED) is 0.515. The van der Waals surface area contributed by atoms with Crippen LogP contribution in [-0.2, 0) is 0 Å². The van der Waals surface area contributed by atoms with Gasteiger partial charge in [-0.3, -0.25) is 9.78 Å². The first-order chi connectivity index (χ1) is 13.9. The van der Waals surface area contributed by atoms with E-state index in [-0.39, 0.29) is 11.4 Å². The summed E-state index contributed by atoms with van der Waals surface area (Å²) in [6.07, 6.45) is 1.62. The van der Waals surface area contributed by atoms with E-state index < -0.39 is 11.7 Å². The molecule has 4 N–H and O–H groups in total. The molecular formula is C21H17FN4O3. The van der Waals surface area contributed by atoms with Crippen LogP contribution in [0.5, 0.6) is 11.5 Å². The highest BCUT2D eigenvalue weighted by molar-refractivity contribution is 6.10. The smallest absolute Gasteiger partial charge is 0.248 e. The maximum atomic E-state index is 14.0. The van der Waals surface area contributed by atoms with Crippen LogP contribution in [0.4, 0.5) is 10.2 Å². The van der Waals surface area contributed by atoms with Crippen LogP contribution in [0.15, 0.2) is 42.6 Å². The van der Waals surface area contributed by atoms with Gasteiger partial charge in [0.1, 0.15) is 11.6 Å². The van der Waals surface area contributed by atoms with Gasteiger partial charge in [0.15, 0.2) is 11.5 Å². The van der Waals surface area contributed by atoms with Gasteiger partial charge < -0.3 is 20.9 Å². The Bertz CT molecular complexity index is 1290. The van der Waals surface area contributed by atoms with Gasteiger partial charge in [0.05, 0.1) is 25.4 Å². The number of benzene rings is 2. The molecule has 0 fully saturated rings. The first kappa shape index (κ1) is 18.4. The predicted molar refractivity (Wildman–Crippen MR) is 108 cm³/mol. The lowest BCUT2D eigenvalue weighted by atomic mass is 10.0. The minimum Gasteiger partial charge on any atom is -0.493 e. The fourth-order valence-electron chi connectivity index (χ4n) is 3.29. The highest BCUT2D eigenvalue weighted by Crippen LogP contribution is 2.37. The average Bonchev–Trinajstić information content (AvgIpc) is 2.71. The molecule has 8 heteroatoms. The number of hydrogen-bond donors (Lipinski definition) is 2. The van der Waals surface area contributed by atoms with Crippen LogP contribution in [0, 0.1) is 5.82 Å². The summed E-state index contributed by atoms with van der Waals surface area (Å²) in [5.74, 6) is -0.0151. The molecule has 2 aromatic heterocycles. The van der Waals surface area contributed by atoms with E-state index in [1.165, 1.54) is 12.1 Å². The Morgan fingerprint density at radius 2 is 1.69 bits per heavy atom. The number of halogens is 1. The third kappa shape index (κ3) is 3.14. The molecule has 0 radical (unpaired) electrons. The topological polar surface area (TPSA) is 113 Å². The Morgan fingerprint density at radius 1 is 0.966 bits per heavy atom. The molecule has 1 amide bonds. The van der Waals surface area contributed by atoms with Crippen LogP contribution in [0.3, 0.4) is 0 Å². The molecule has 0 saturated heterocycles. The van der Waals surface area contributed by atoms with Crippen molar-refractivity contribution < 1.29 is 18.7 Å². The molecule has 2 heterocycles. The van der Waals surface area contributed by atoms with Crippen LogP contribution in [-0.4, -0.2) is 30.1 Å². The first-order valence-electron chi connectivity index (χ1n) is 8.63. The van der Waals surface area contributed by atoms with Crippen LogP contribution in [0.1, 0.15) is 10.4 Å². The number of carbonyl (C=O) groups is 1. The lowest BCUT2D eigenvalue weighted by Crippen LogP contribution is -2.11. The van der Waals surface area contributed by atoms with Crippen molar-refractivity contribution in [2.75, 3.05) is 20.0 Å². The van der Waals surface area contributed by atoms with Gasteiger partial charge >= 0.3 is 0 Å². The Balaban J connectivity index is 2.03. The van der Waals surface area contributed by atoms with Gasteiger partial charge in [-0.15, -0.1) is 0 Å². The van der Waals surface area contributed by atoms with E-state index in [9.17, 15) is 9.18 Å². The molecule has 2 aromatic carbocycles. The number of amides is 1. The molecule has 0 aliphatic rings. The van der Waals surface area contributed by atoms with Crippen LogP contribution in [0.25, 0.3) is 32.9 Å². The standard InChI is InChI=1S/C21H17FN4O3/c1-28-18-7-14-13-6-16(10-3-11(21(24)27)5-12(22)4-10)26-20(23)15(13)9-25-17(14)8-19(18)29-2/h3-9H,1-2H3,(H2,23,26)(H2,24,27). The monoisotopic (exact) mass is 392 g/mol. The first-order valence-corrected chi connectivity index (χ1v) is 8.63. The Labute approximate surface area is 165 Å². The molecule has 29 heavy (non-hydrogen) atoms. The summed E-state index contributed by atoms with van der Waals surface area (Å²) < 4.78 is 24.7. The highest BCUT2D eigenvalue weighted by Gasteiger charge is 2.14. The van der Waals surface area contributed by atoms with E-state index in [1.807, 2.05) is 0 Å². The van der Waals surface area contributed by atoms with Gasteiger partial charge in [-0.05, 0) is 35.7 Å². The second-order valence-corrected chi connectivity index (χ2v) is 6.43. The molecule has 0 atom stereocenters. The molecule has 0 spiro atoms. The number of hydrogen-bond acceptors (Lipinski definition) is 6. The Kier molecular flexibility index (Phi) is 4.38. The SMILES string of the molecule is COc1cc2ncc3c(N)nc(-c4cc(F)cc(C(N)=O)c4)cc3c2cc1OC. The number of fused-ring (bicyclic) bond motifs is 3. The molecule has 146 valence electrons. The molecule has 0 unspecified atom stereocenters. The number of anilines is 1. The summed E-state index contributed by atoms with van der Waals surface area (Å²) in [6.45, 7) is 0. The van der Waals surface area contributed by atoms with Gasteiger partial charge in [-0.1, -0.05) is 0 Å². The van der Waals surface area contributed by atoms with Gasteiger partial charge in [-0.2, -0.15) is 0 Å². The van der Waals surface area contributed by atoms with Crippen molar-refractivity contribution in [2.45, 2.75) is 0 Å². The molecule has 4 rings (SSSR count). The second-order valence-electron chi connectivity index (χ2n) is 6.43. The van der Waals surface area contributed by atoms with E-state index in [4.69, 9.17) is 20.9 Å². The van der Waals surface area contributed by atoms with Crippen molar-refractivity contribution in [1.29, 1.82) is 0 Å². The molecule has 0 bridgehead atoms. The van der Waals surface area contributed by atoms with Crippen molar-refractivity contribution in [1.82, 2.24) is 9.97 Å². The summed E-state index contributed by atoms with van der Waals surface area (Å²) >= 11 is 0. The second kappa shape index (κ2) is 6.90. The zero-order valence-electron chi connectivity index (χ0n) is 15.7. The lowest BCUT2D eigenvalue weighted by molar-refractivity contribution is 0.1000. The van der Waals surface area contributed by atoms with E-state index in [0.29, 0.717) is 33.7 Å². The number of rotatable bonds is 4. The number of primary amides is 1. The number of nitrogen functional groups attached to an aromatic ring is 1. The Morgan fingerprint density at radius 3 is 2.38 bits per heavy atom. The van der Waals surface area contributed by atoms with Crippen molar-refractivity contribution in [3.63, 3.8) is 0 Å².